The van der Waals surface area contributed by atoms with E-state index in [0.717, 1.165) is 57.8 Å². The molecule has 0 saturated heterocycles. The Labute approximate surface area is 398 Å². The first-order valence-corrected chi connectivity index (χ1v) is 28.2. The summed E-state index contributed by atoms with van der Waals surface area (Å²) in [5, 5.41) is 23.2. The second-order valence-corrected chi connectivity index (χ2v) is 19.3. The minimum Gasteiger partial charge on any atom is -0.466 e. The quantitative estimate of drug-likeness (QED) is 0.0321. The van der Waals surface area contributed by atoms with Gasteiger partial charge in [-0.25, -0.2) is 0 Å². The average molecular weight is 901 g/mol. The SMILES string of the molecule is CCCCCC/C=C\C/C=C\CCCCCCCC(=O)OCCCCCCCCCC/C=C\CCCCCCCCCC(=O)NC(CO)C(O)CCCCCCCCCCCCCC. The van der Waals surface area contributed by atoms with Crippen molar-refractivity contribution < 1.29 is 24.5 Å². The molecule has 1 amide bonds. The first-order valence-electron chi connectivity index (χ1n) is 28.2. The van der Waals surface area contributed by atoms with Crippen LogP contribution in [-0.4, -0.2) is 47.4 Å². The number of nitrogens with one attached hydrogen (secondary N) is 1. The number of hydrogen-bond acceptors (Lipinski definition) is 5. The topological polar surface area (TPSA) is 95.9 Å². The van der Waals surface area contributed by atoms with Crippen molar-refractivity contribution in [3.8, 4) is 0 Å². The fourth-order valence-electron chi connectivity index (χ4n) is 8.55. The molecule has 0 rings (SSSR count). The van der Waals surface area contributed by atoms with E-state index in [2.05, 4.69) is 55.6 Å². The zero-order valence-corrected chi connectivity index (χ0v) is 42.8. The largest absolute Gasteiger partial charge is 0.466 e. The van der Waals surface area contributed by atoms with E-state index in [9.17, 15) is 19.8 Å². The van der Waals surface area contributed by atoms with Crippen LogP contribution in [-0.2, 0) is 14.3 Å². The normalized spacial score (nSPS) is 12.9. The number of amides is 1. The van der Waals surface area contributed by atoms with Crippen molar-refractivity contribution in [2.45, 2.75) is 309 Å². The Morgan fingerprint density at radius 2 is 0.781 bits per heavy atom. The van der Waals surface area contributed by atoms with Crippen LogP contribution in [0.4, 0.5) is 0 Å². The highest BCUT2D eigenvalue weighted by molar-refractivity contribution is 5.76. The molecule has 0 aromatic heterocycles. The lowest BCUT2D eigenvalue weighted by Crippen LogP contribution is -2.45. The van der Waals surface area contributed by atoms with E-state index in [1.54, 1.807) is 0 Å². The molecule has 0 aromatic rings. The summed E-state index contributed by atoms with van der Waals surface area (Å²) in [6.45, 7) is 4.91. The van der Waals surface area contributed by atoms with Gasteiger partial charge in [-0.2, -0.15) is 0 Å². The number of carbonyl (C=O) groups excluding carboxylic acids is 2. The van der Waals surface area contributed by atoms with Gasteiger partial charge in [0.1, 0.15) is 0 Å². The molecule has 6 nitrogen and oxygen atoms in total. The Bertz CT molecular complexity index is 1040. The first kappa shape index (κ1) is 62.1. The molecule has 0 radical (unpaired) electrons. The van der Waals surface area contributed by atoms with E-state index >= 15 is 0 Å². The van der Waals surface area contributed by atoms with Crippen molar-refractivity contribution in [3.63, 3.8) is 0 Å². The molecule has 2 unspecified atom stereocenters. The number of carbonyl (C=O) groups is 2. The van der Waals surface area contributed by atoms with Gasteiger partial charge in [0.2, 0.25) is 5.91 Å². The van der Waals surface area contributed by atoms with Gasteiger partial charge < -0.3 is 20.3 Å². The Hall–Kier alpha value is -1.92. The number of rotatable bonds is 52. The van der Waals surface area contributed by atoms with E-state index in [4.69, 9.17) is 4.74 Å². The minimum atomic E-state index is -0.670. The summed E-state index contributed by atoms with van der Waals surface area (Å²) in [7, 11) is 0. The number of allylic oxidation sites excluding steroid dienone is 6. The van der Waals surface area contributed by atoms with Crippen molar-refractivity contribution in [1.29, 1.82) is 0 Å². The minimum absolute atomic E-state index is 0.00982. The van der Waals surface area contributed by atoms with E-state index in [-0.39, 0.29) is 18.5 Å². The van der Waals surface area contributed by atoms with Gasteiger partial charge in [-0.05, 0) is 83.5 Å². The Balaban J connectivity index is 3.44. The van der Waals surface area contributed by atoms with Crippen molar-refractivity contribution in [2.24, 2.45) is 0 Å². The number of hydrogen-bond donors (Lipinski definition) is 3. The Morgan fingerprint density at radius 3 is 1.22 bits per heavy atom. The van der Waals surface area contributed by atoms with Crippen LogP contribution < -0.4 is 5.32 Å². The number of aliphatic hydroxyl groups excluding tert-OH is 2. The zero-order valence-electron chi connectivity index (χ0n) is 42.8. The second kappa shape index (κ2) is 53.7. The van der Waals surface area contributed by atoms with Crippen LogP contribution in [0.25, 0.3) is 0 Å². The van der Waals surface area contributed by atoms with Gasteiger partial charge in [-0.1, -0.05) is 237 Å². The summed E-state index contributed by atoms with van der Waals surface area (Å²) in [5.74, 6) is -0.0555. The Morgan fingerprint density at radius 1 is 0.438 bits per heavy atom. The highest BCUT2D eigenvalue weighted by Gasteiger charge is 2.20. The lowest BCUT2D eigenvalue weighted by molar-refractivity contribution is -0.143. The fourth-order valence-corrected chi connectivity index (χ4v) is 8.55. The fraction of sp³-hybridized carbons (Fsp3) is 0.862. The smallest absolute Gasteiger partial charge is 0.305 e. The van der Waals surface area contributed by atoms with Crippen molar-refractivity contribution in [1.82, 2.24) is 5.32 Å². The molecule has 3 N–H and O–H groups in total. The maximum absolute atomic E-state index is 12.4. The number of ether oxygens (including phenoxy) is 1. The third-order valence-electron chi connectivity index (χ3n) is 12.9. The van der Waals surface area contributed by atoms with Gasteiger partial charge in [0.15, 0.2) is 0 Å². The number of aliphatic hydroxyl groups is 2. The summed E-state index contributed by atoms with van der Waals surface area (Å²) in [4.78, 5) is 24.5. The molecule has 6 heteroatoms. The van der Waals surface area contributed by atoms with Crippen LogP contribution in [0.15, 0.2) is 36.5 Å². The van der Waals surface area contributed by atoms with Crippen LogP contribution in [0.5, 0.6) is 0 Å². The van der Waals surface area contributed by atoms with E-state index in [1.807, 2.05) is 0 Å². The molecule has 2 atom stereocenters. The van der Waals surface area contributed by atoms with Gasteiger partial charge in [0.05, 0.1) is 25.4 Å². The van der Waals surface area contributed by atoms with Crippen LogP contribution in [0.1, 0.15) is 296 Å². The molecular weight excluding hydrogens is 791 g/mol. The lowest BCUT2D eigenvalue weighted by atomic mass is 10.0. The monoisotopic (exact) mass is 900 g/mol. The van der Waals surface area contributed by atoms with Gasteiger partial charge in [0.25, 0.3) is 0 Å². The summed E-state index contributed by atoms with van der Waals surface area (Å²) in [6.07, 6.45) is 65.6. The molecular formula is C58H109NO5. The third kappa shape index (κ3) is 49.5. The van der Waals surface area contributed by atoms with Crippen molar-refractivity contribution >= 4 is 11.9 Å². The van der Waals surface area contributed by atoms with Gasteiger partial charge in [-0.3, -0.25) is 9.59 Å². The molecule has 0 aliphatic rings. The van der Waals surface area contributed by atoms with Crippen molar-refractivity contribution in [2.75, 3.05) is 13.2 Å². The molecule has 0 aromatic carbocycles. The first-order chi connectivity index (χ1) is 31.5. The molecule has 0 bridgehead atoms. The molecule has 0 saturated carbocycles. The maximum Gasteiger partial charge on any atom is 0.305 e. The van der Waals surface area contributed by atoms with Crippen molar-refractivity contribution in [3.05, 3.63) is 36.5 Å². The number of esters is 1. The molecule has 0 heterocycles. The maximum atomic E-state index is 12.4. The standard InChI is InChI=1S/C58H109NO5/c1-3-5-7-9-11-13-15-17-18-25-28-32-36-40-44-48-52-58(63)64-53-49-45-41-37-33-29-26-23-21-19-20-22-24-27-31-35-39-43-47-51-57(62)59-55(54-60)56(61)50-46-42-38-34-30-16-14-12-10-8-6-4-2/h13,15,18-20,25,55-56,60-61H,3-12,14,16-17,21-24,26-54H2,1-2H3,(H,59,62)/b15-13-,20-19-,25-18-. The molecule has 0 fully saturated rings. The van der Waals surface area contributed by atoms with Gasteiger partial charge in [0, 0.05) is 12.8 Å². The molecule has 0 aliphatic heterocycles. The van der Waals surface area contributed by atoms with E-state index in [0.29, 0.717) is 25.9 Å². The highest BCUT2D eigenvalue weighted by atomic mass is 16.5. The molecule has 0 aliphatic carbocycles. The van der Waals surface area contributed by atoms with Crippen LogP contribution >= 0.6 is 0 Å². The molecule has 376 valence electrons. The highest BCUT2D eigenvalue weighted by Crippen LogP contribution is 2.16. The summed E-state index contributed by atoms with van der Waals surface area (Å²) in [5.41, 5.74) is 0. The second-order valence-electron chi connectivity index (χ2n) is 19.3. The molecule has 0 spiro atoms. The predicted octanol–water partition coefficient (Wildman–Crippen LogP) is 17.2. The Kier molecular flexibility index (Phi) is 52.1. The zero-order chi connectivity index (χ0) is 46.5. The summed E-state index contributed by atoms with van der Waals surface area (Å²) >= 11 is 0. The average Bonchev–Trinajstić information content (AvgIpc) is 3.29. The van der Waals surface area contributed by atoms with E-state index in [1.165, 1.54) is 205 Å². The van der Waals surface area contributed by atoms with Gasteiger partial charge in [-0.15, -0.1) is 0 Å². The summed E-state index contributed by atoms with van der Waals surface area (Å²) in [6, 6.07) is -0.548. The lowest BCUT2D eigenvalue weighted by Gasteiger charge is -2.22. The third-order valence-corrected chi connectivity index (χ3v) is 12.9. The predicted molar refractivity (Wildman–Crippen MR) is 278 cm³/mol. The summed E-state index contributed by atoms with van der Waals surface area (Å²) < 4.78 is 5.47. The van der Waals surface area contributed by atoms with Crippen LogP contribution in [0.3, 0.4) is 0 Å². The van der Waals surface area contributed by atoms with Gasteiger partial charge >= 0.3 is 5.97 Å². The molecule has 64 heavy (non-hydrogen) atoms. The van der Waals surface area contributed by atoms with Crippen LogP contribution in [0.2, 0.25) is 0 Å². The number of unbranched alkanes of at least 4 members (excludes halogenated alkanes) is 35. The van der Waals surface area contributed by atoms with E-state index < -0.39 is 12.1 Å². The van der Waals surface area contributed by atoms with Crippen LogP contribution in [0, 0.1) is 0 Å².